The third-order valence-corrected chi connectivity index (χ3v) is 2.92. The Morgan fingerprint density at radius 2 is 2.00 bits per heavy atom. The lowest BCUT2D eigenvalue weighted by molar-refractivity contribution is 0.491. The predicted molar refractivity (Wildman–Crippen MR) is 44.5 cm³/mol. The first-order valence-corrected chi connectivity index (χ1v) is 4.16. The molecule has 1 aliphatic rings. The summed E-state index contributed by atoms with van der Waals surface area (Å²) in [5.41, 5.74) is 0. The molecule has 0 radical (unpaired) electrons. The number of piperidine rings is 1. The minimum absolute atomic E-state index is 0.0665. The summed E-state index contributed by atoms with van der Waals surface area (Å²) in [6.07, 6.45) is 1.98. The van der Waals surface area contributed by atoms with E-state index in [0.29, 0.717) is 0 Å². The van der Waals surface area contributed by atoms with Gasteiger partial charge >= 0.3 is 0 Å². The highest BCUT2D eigenvalue weighted by Crippen LogP contribution is 2.27. The molecule has 0 amide bonds. The van der Waals surface area contributed by atoms with E-state index in [1.165, 1.54) is 0 Å². The van der Waals surface area contributed by atoms with Gasteiger partial charge in [-0.1, -0.05) is 22.6 Å². The van der Waals surface area contributed by atoms with Crippen molar-refractivity contribution in [1.29, 1.82) is 5.26 Å². The number of nitriles is 1. The van der Waals surface area contributed by atoms with Crippen molar-refractivity contribution < 1.29 is 0 Å². The predicted octanol–water partition coefficient (Wildman–Crippen LogP) is 1.07. The van der Waals surface area contributed by atoms with Crippen molar-refractivity contribution in [3.8, 4) is 6.07 Å². The molecule has 1 aliphatic heterocycles. The van der Waals surface area contributed by atoms with Crippen molar-refractivity contribution in [2.75, 3.05) is 13.1 Å². The highest BCUT2D eigenvalue weighted by molar-refractivity contribution is 14.1. The molecular weight excluding hydrogens is 227 g/mol. The Bertz CT molecular complexity index is 132. The Hall–Kier alpha value is 0.180. The molecule has 0 saturated carbocycles. The van der Waals surface area contributed by atoms with E-state index in [4.69, 9.17) is 5.26 Å². The normalized spacial score (nSPS) is 24.9. The molecule has 3 heteroatoms. The van der Waals surface area contributed by atoms with E-state index < -0.39 is 0 Å². The quantitative estimate of drug-likeness (QED) is 0.504. The molecule has 0 bridgehead atoms. The monoisotopic (exact) mass is 236 g/mol. The van der Waals surface area contributed by atoms with E-state index in [-0.39, 0.29) is 3.42 Å². The van der Waals surface area contributed by atoms with Crippen molar-refractivity contribution in [1.82, 2.24) is 5.32 Å². The molecule has 50 valence electrons. The first-order chi connectivity index (χ1) is 4.27. The molecule has 1 saturated heterocycles. The second kappa shape index (κ2) is 2.84. The van der Waals surface area contributed by atoms with Gasteiger partial charge in [0.15, 0.2) is 0 Å². The van der Waals surface area contributed by atoms with E-state index >= 15 is 0 Å². The Morgan fingerprint density at radius 1 is 1.44 bits per heavy atom. The van der Waals surface area contributed by atoms with Crippen molar-refractivity contribution >= 4 is 22.6 Å². The van der Waals surface area contributed by atoms with E-state index in [9.17, 15) is 0 Å². The topological polar surface area (TPSA) is 35.8 Å². The minimum atomic E-state index is -0.0665. The zero-order valence-corrected chi connectivity index (χ0v) is 7.31. The molecular formula is C6H9IN2. The SMILES string of the molecule is N#CC1(I)CCNCC1. The fourth-order valence-corrected chi connectivity index (χ4v) is 1.47. The molecule has 0 aliphatic carbocycles. The maximum atomic E-state index is 8.66. The first kappa shape index (κ1) is 7.29. The Kier molecular flexibility index (Phi) is 2.30. The van der Waals surface area contributed by atoms with Gasteiger partial charge in [-0.25, -0.2) is 0 Å². The van der Waals surface area contributed by atoms with Crippen LogP contribution >= 0.6 is 22.6 Å². The number of halogens is 1. The first-order valence-electron chi connectivity index (χ1n) is 3.08. The maximum Gasteiger partial charge on any atom is 0.111 e. The third-order valence-electron chi connectivity index (χ3n) is 1.60. The van der Waals surface area contributed by atoms with Crippen LogP contribution in [0.2, 0.25) is 0 Å². The summed E-state index contributed by atoms with van der Waals surface area (Å²) in [5.74, 6) is 0. The van der Waals surface area contributed by atoms with Crippen LogP contribution in [0.4, 0.5) is 0 Å². The summed E-state index contributed by atoms with van der Waals surface area (Å²) in [4.78, 5) is 0. The number of nitrogens with zero attached hydrogens (tertiary/aromatic N) is 1. The second-order valence-electron chi connectivity index (χ2n) is 2.33. The average Bonchev–Trinajstić information content (AvgIpc) is 1.90. The van der Waals surface area contributed by atoms with Crippen LogP contribution in [0.3, 0.4) is 0 Å². The van der Waals surface area contributed by atoms with Gasteiger partial charge in [0.25, 0.3) is 0 Å². The molecule has 0 aromatic heterocycles. The number of rotatable bonds is 0. The highest BCUT2D eigenvalue weighted by Gasteiger charge is 2.27. The zero-order chi connectivity index (χ0) is 6.74. The van der Waals surface area contributed by atoms with Crippen LogP contribution in [0.1, 0.15) is 12.8 Å². The van der Waals surface area contributed by atoms with Crippen molar-refractivity contribution in [2.45, 2.75) is 16.3 Å². The van der Waals surface area contributed by atoms with E-state index in [1.807, 2.05) is 0 Å². The van der Waals surface area contributed by atoms with Gasteiger partial charge in [0, 0.05) is 0 Å². The third kappa shape index (κ3) is 1.80. The summed E-state index contributed by atoms with van der Waals surface area (Å²) < 4.78 is -0.0665. The van der Waals surface area contributed by atoms with E-state index in [0.717, 1.165) is 25.9 Å². The van der Waals surface area contributed by atoms with Gasteiger partial charge in [0.05, 0.1) is 6.07 Å². The number of hydrogen-bond acceptors (Lipinski definition) is 2. The Morgan fingerprint density at radius 3 is 2.33 bits per heavy atom. The van der Waals surface area contributed by atoms with Crippen LogP contribution in [0.5, 0.6) is 0 Å². The van der Waals surface area contributed by atoms with Crippen molar-refractivity contribution in [2.24, 2.45) is 0 Å². The standard InChI is InChI=1S/C6H9IN2/c7-6(5-8)1-3-9-4-2-6/h9H,1-4H2. The van der Waals surface area contributed by atoms with Gasteiger partial charge in [-0.05, 0) is 25.9 Å². The molecule has 9 heavy (non-hydrogen) atoms. The van der Waals surface area contributed by atoms with Crippen LogP contribution in [0.15, 0.2) is 0 Å². The number of alkyl halides is 1. The van der Waals surface area contributed by atoms with Crippen LogP contribution < -0.4 is 5.32 Å². The zero-order valence-electron chi connectivity index (χ0n) is 5.15. The average molecular weight is 236 g/mol. The van der Waals surface area contributed by atoms with Gasteiger partial charge in [0.1, 0.15) is 3.42 Å². The molecule has 2 nitrogen and oxygen atoms in total. The molecule has 0 spiro atoms. The van der Waals surface area contributed by atoms with Gasteiger partial charge in [-0.15, -0.1) is 0 Å². The fourth-order valence-electron chi connectivity index (χ4n) is 0.935. The van der Waals surface area contributed by atoms with Gasteiger partial charge in [-0.3, -0.25) is 0 Å². The molecule has 1 rings (SSSR count). The van der Waals surface area contributed by atoms with Gasteiger partial charge < -0.3 is 5.32 Å². The van der Waals surface area contributed by atoms with Crippen LogP contribution in [0, 0.1) is 11.3 Å². The summed E-state index contributed by atoms with van der Waals surface area (Å²) in [6, 6.07) is 2.33. The van der Waals surface area contributed by atoms with Gasteiger partial charge in [0.2, 0.25) is 0 Å². The van der Waals surface area contributed by atoms with Crippen LogP contribution in [-0.2, 0) is 0 Å². The molecule has 0 unspecified atom stereocenters. The largest absolute Gasteiger partial charge is 0.317 e. The summed E-state index contributed by atoms with van der Waals surface area (Å²) in [7, 11) is 0. The van der Waals surface area contributed by atoms with Crippen LogP contribution in [-0.4, -0.2) is 16.5 Å². The highest BCUT2D eigenvalue weighted by atomic mass is 127. The smallest absolute Gasteiger partial charge is 0.111 e. The minimum Gasteiger partial charge on any atom is -0.317 e. The lowest BCUT2D eigenvalue weighted by Gasteiger charge is -2.24. The van der Waals surface area contributed by atoms with Crippen LogP contribution in [0.25, 0.3) is 0 Å². The molecule has 0 atom stereocenters. The summed E-state index contributed by atoms with van der Waals surface area (Å²) in [5, 5.41) is 11.9. The lowest BCUT2D eigenvalue weighted by Crippen LogP contribution is -2.36. The Labute approximate surface area is 68.8 Å². The fraction of sp³-hybridized carbons (Fsp3) is 0.833. The molecule has 1 N–H and O–H groups in total. The summed E-state index contributed by atoms with van der Waals surface area (Å²) >= 11 is 2.25. The Balaban J connectivity index is 2.49. The molecule has 0 aromatic rings. The van der Waals surface area contributed by atoms with E-state index in [2.05, 4.69) is 34.0 Å². The number of nitrogens with one attached hydrogen (secondary N) is 1. The van der Waals surface area contributed by atoms with Crippen molar-refractivity contribution in [3.63, 3.8) is 0 Å². The molecule has 1 heterocycles. The molecule has 0 aromatic carbocycles. The van der Waals surface area contributed by atoms with E-state index in [1.54, 1.807) is 0 Å². The summed E-state index contributed by atoms with van der Waals surface area (Å²) in [6.45, 7) is 1.99. The lowest BCUT2D eigenvalue weighted by atomic mass is 10.0. The van der Waals surface area contributed by atoms with Gasteiger partial charge in [-0.2, -0.15) is 5.26 Å². The number of hydrogen-bond donors (Lipinski definition) is 1. The second-order valence-corrected chi connectivity index (χ2v) is 4.39. The van der Waals surface area contributed by atoms with Crippen molar-refractivity contribution in [3.05, 3.63) is 0 Å². The molecule has 1 fully saturated rings. The maximum absolute atomic E-state index is 8.66.